The van der Waals surface area contributed by atoms with Gasteiger partial charge in [0.25, 0.3) is 0 Å². The zero-order valence-electron chi connectivity index (χ0n) is 12.8. The van der Waals surface area contributed by atoms with Crippen LogP contribution in [0.5, 0.6) is 5.75 Å². The first-order valence-electron chi connectivity index (χ1n) is 8.20. The van der Waals surface area contributed by atoms with Crippen LogP contribution in [0.1, 0.15) is 55.2 Å². The van der Waals surface area contributed by atoms with Gasteiger partial charge in [0.1, 0.15) is 5.75 Å². The van der Waals surface area contributed by atoms with Crippen LogP contribution in [-0.4, -0.2) is 16.3 Å². The molecule has 0 aliphatic heterocycles. The Hall–Kier alpha value is -1.28. The van der Waals surface area contributed by atoms with Gasteiger partial charge in [-0.3, -0.25) is 0 Å². The minimum atomic E-state index is -0.126. The van der Waals surface area contributed by atoms with Gasteiger partial charge in [-0.1, -0.05) is 19.1 Å². The van der Waals surface area contributed by atoms with E-state index in [2.05, 4.69) is 26.0 Å². The van der Waals surface area contributed by atoms with Crippen molar-refractivity contribution < 1.29 is 10.2 Å². The smallest absolute Gasteiger partial charge is 0.116 e. The molecule has 2 heteroatoms. The summed E-state index contributed by atoms with van der Waals surface area (Å²) in [6.07, 6.45) is 8.80. The molecule has 2 fully saturated rings. The summed E-state index contributed by atoms with van der Waals surface area (Å²) in [5.41, 5.74) is 3.94. The molecule has 0 saturated heterocycles. The highest BCUT2D eigenvalue weighted by Crippen LogP contribution is 2.60. The van der Waals surface area contributed by atoms with Crippen molar-refractivity contribution >= 4 is 6.08 Å². The second-order valence-corrected chi connectivity index (χ2v) is 7.55. The van der Waals surface area contributed by atoms with Crippen molar-refractivity contribution in [2.24, 2.45) is 17.3 Å². The van der Waals surface area contributed by atoms with Crippen LogP contribution in [0, 0.1) is 24.2 Å². The Morgan fingerprint density at radius 2 is 2.00 bits per heavy atom. The van der Waals surface area contributed by atoms with Gasteiger partial charge in [-0.2, -0.15) is 0 Å². The summed E-state index contributed by atoms with van der Waals surface area (Å²) in [5, 5.41) is 20.2. The first-order chi connectivity index (χ1) is 10.0. The topological polar surface area (TPSA) is 40.5 Å². The van der Waals surface area contributed by atoms with E-state index in [9.17, 15) is 10.2 Å². The Bertz CT molecular complexity index is 618. The SMILES string of the molecule is Cc1cc(O)cc2c1[C@H]1CC[C@]3(C)[C@@H](O)CC[C@H]3[C@@H]1C=C2. The van der Waals surface area contributed by atoms with Crippen molar-refractivity contribution in [2.75, 3.05) is 0 Å². The van der Waals surface area contributed by atoms with Gasteiger partial charge >= 0.3 is 0 Å². The van der Waals surface area contributed by atoms with E-state index in [4.69, 9.17) is 0 Å². The highest BCUT2D eigenvalue weighted by molar-refractivity contribution is 5.63. The maximum atomic E-state index is 10.4. The molecule has 0 aromatic heterocycles. The maximum absolute atomic E-state index is 10.4. The van der Waals surface area contributed by atoms with E-state index >= 15 is 0 Å². The van der Waals surface area contributed by atoms with Crippen LogP contribution in [0.15, 0.2) is 18.2 Å². The molecule has 0 amide bonds. The van der Waals surface area contributed by atoms with Crippen molar-refractivity contribution in [3.63, 3.8) is 0 Å². The number of fused-ring (bicyclic) bond motifs is 5. The summed E-state index contributed by atoms with van der Waals surface area (Å²) in [6.45, 7) is 4.41. The first-order valence-corrected chi connectivity index (χ1v) is 8.20. The Balaban J connectivity index is 1.79. The zero-order valence-corrected chi connectivity index (χ0v) is 12.8. The molecule has 5 atom stereocenters. The molecule has 0 heterocycles. The van der Waals surface area contributed by atoms with Gasteiger partial charge in [0, 0.05) is 0 Å². The predicted octanol–water partition coefficient (Wildman–Crippen LogP) is 4.00. The van der Waals surface area contributed by atoms with Crippen molar-refractivity contribution in [1.29, 1.82) is 0 Å². The fourth-order valence-corrected chi connectivity index (χ4v) is 5.44. The molecule has 1 aromatic carbocycles. The van der Waals surface area contributed by atoms with E-state index in [-0.39, 0.29) is 11.5 Å². The Labute approximate surface area is 126 Å². The molecule has 0 radical (unpaired) electrons. The van der Waals surface area contributed by atoms with Crippen molar-refractivity contribution in [3.8, 4) is 5.75 Å². The van der Waals surface area contributed by atoms with E-state index in [1.165, 1.54) is 16.7 Å². The van der Waals surface area contributed by atoms with Crippen molar-refractivity contribution in [2.45, 2.75) is 51.6 Å². The molecule has 0 spiro atoms. The molecule has 2 nitrogen and oxygen atoms in total. The molecule has 4 rings (SSSR count). The summed E-state index contributed by atoms with van der Waals surface area (Å²) in [6, 6.07) is 3.79. The lowest BCUT2D eigenvalue weighted by Crippen LogP contribution is -2.42. The standard InChI is InChI=1S/C19H24O2/c1-11-9-13(20)10-12-3-4-14-15(18(11)12)7-8-19(2)16(14)5-6-17(19)21/h3-4,9-10,14-17,20-21H,5-8H2,1-2H3/t14-,15+,16+,17+,19+/m1/s1. The molecule has 21 heavy (non-hydrogen) atoms. The number of hydrogen-bond donors (Lipinski definition) is 2. The van der Waals surface area contributed by atoms with E-state index in [0.717, 1.165) is 25.7 Å². The van der Waals surface area contributed by atoms with E-state index in [0.29, 0.717) is 23.5 Å². The lowest BCUT2D eigenvalue weighted by Gasteiger charge is -2.48. The number of allylic oxidation sites excluding steroid dienone is 1. The second kappa shape index (κ2) is 4.36. The van der Waals surface area contributed by atoms with Gasteiger partial charge in [-0.25, -0.2) is 0 Å². The van der Waals surface area contributed by atoms with Gasteiger partial charge in [0.15, 0.2) is 0 Å². The number of aliphatic hydroxyl groups excluding tert-OH is 1. The predicted molar refractivity (Wildman–Crippen MR) is 84.2 cm³/mol. The summed E-state index contributed by atoms with van der Waals surface area (Å²) >= 11 is 0. The Kier molecular flexibility index (Phi) is 2.78. The van der Waals surface area contributed by atoms with Gasteiger partial charge in [-0.05, 0) is 84.6 Å². The number of aryl methyl sites for hydroxylation is 1. The summed E-state index contributed by atoms with van der Waals surface area (Å²) < 4.78 is 0. The molecular formula is C19H24O2. The summed E-state index contributed by atoms with van der Waals surface area (Å²) in [7, 11) is 0. The van der Waals surface area contributed by atoms with Crippen LogP contribution in [-0.2, 0) is 0 Å². The highest BCUT2D eigenvalue weighted by atomic mass is 16.3. The average molecular weight is 284 g/mol. The summed E-state index contributed by atoms with van der Waals surface area (Å²) in [4.78, 5) is 0. The normalized spacial score (nSPS) is 40.5. The fraction of sp³-hybridized carbons (Fsp3) is 0.579. The van der Waals surface area contributed by atoms with Gasteiger partial charge in [0.05, 0.1) is 6.10 Å². The third kappa shape index (κ3) is 1.75. The molecule has 1 aromatic rings. The number of phenols is 1. The number of rotatable bonds is 0. The number of phenolic OH excluding ortho intramolecular Hbond substituents is 1. The van der Waals surface area contributed by atoms with Gasteiger partial charge in [-0.15, -0.1) is 0 Å². The molecule has 0 bridgehead atoms. The lowest BCUT2D eigenvalue weighted by molar-refractivity contribution is -0.00803. The minimum Gasteiger partial charge on any atom is -0.508 e. The third-order valence-electron chi connectivity index (χ3n) is 6.56. The first kappa shape index (κ1) is 13.4. The molecule has 2 N–H and O–H groups in total. The largest absolute Gasteiger partial charge is 0.508 e. The molecule has 2 saturated carbocycles. The Morgan fingerprint density at radius 1 is 1.19 bits per heavy atom. The highest BCUT2D eigenvalue weighted by Gasteiger charge is 2.53. The maximum Gasteiger partial charge on any atom is 0.116 e. The lowest BCUT2D eigenvalue weighted by atomic mass is 9.56. The van der Waals surface area contributed by atoms with E-state index in [1.54, 1.807) is 0 Å². The third-order valence-corrected chi connectivity index (χ3v) is 6.56. The van der Waals surface area contributed by atoms with Crippen molar-refractivity contribution in [3.05, 3.63) is 34.9 Å². The number of benzene rings is 1. The molecule has 0 unspecified atom stereocenters. The minimum absolute atomic E-state index is 0.105. The fourth-order valence-electron chi connectivity index (χ4n) is 5.44. The van der Waals surface area contributed by atoms with Crippen LogP contribution in [0.4, 0.5) is 0 Å². The quantitative estimate of drug-likeness (QED) is 0.756. The van der Waals surface area contributed by atoms with Crippen LogP contribution in [0.25, 0.3) is 6.08 Å². The summed E-state index contributed by atoms with van der Waals surface area (Å²) in [5.74, 6) is 2.08. The number of aromatic hydroxyl groups is 1. The van der Waals surface area contributed by atoms with Crippen LogP contribution >= 0.6 is 0 Å². The van der Waals surface area contributed by atoms with E-state index in [1.807, 2.05) is 12.1 Å². The van der Waals surface area contributed by atoms with E-state index < -0.39 is 0 Å². The van der Waals surface area contributed by atoms with Gasteiger partial charge < -0.3 is 10.2 Å². The number of aliphatic hydroxyl groups is 1. The molecular weight excluding hydrogens is 260 g/mol. The molecule has 3 aliphatic rings. The van der Waals surface area contributed by atoms with Crippen LogP contribution in [0.2, 0.25) is 0 Å². The second-order valence-electron chi connectivity index (χ2n) is 7.55. The molecule has 112 valence electrons. The number of hydrogen-bond acceptors (Lipinski definition) is 2. The van der Waals surface area contributed by atoms with Crippen molar-refractivity contribution in [1.82, 2.24) is 0 Å². The molecule has 3 aliphatic carbocycles. The zero-order chi connectivity index (χ0) is 14.8. The monoisotopic (exact) mass is 284 g/mol. The average Bonchev–Trinajstić information content (AvgIpc) is 2.74. The van der Waals surface area contributed by atoms with Crippen LogP contribution < -0.4 is 0 Å². The van der Waals surface area contributed by atoms with Gasteiger partial charge in [0.2, 0.25) is 0 Å². The Morgan fingerprint density at radius 3 is 2.81 bits per heavy atom. The van der Waals surface area contributed by atoms with Crippen LogP contribution in [0.3, 0.4) is 0 Å².